The molecule has 2 saturated heterocycles. The van der Waals surface area contributed by atoms with Gasteiger partial charge in [-0.05, 0) is 56.5 Å². The molecule has 2 heterocycles. The molecule has 1 amide bonds. The molecule has 0 saturated carbocycles. The molecule has 2 aliphatic heterocycles. The SMILES string of the molecule is Cl.Cl.O=C(NC1CCCN(Cc2ccc(F)cc2Cl)C1)C1CCCNC1. The van der Waals surface area contributed by atoms with E-state index < -0.39 is 0 Å². The van der Waals surface area contributed by atoms with Gasteiger partial charge in [-0.1, -0.05) is 17.7 Å². The number of carbonyl (C=O) groups excluding carboxylic acids is 1. The summed E-state index contributed by atoms with van der Waals surface area (Å²) in [5.74, 6) is -0.0387. The van der Waals surface area contributed by atoms with Crippen LogP contribution in [0.4, 0.5) is 4.39 Å². The number of nitrogens with one attached hydrogen (secondary N) is 2. The molecule has 1 aromatic rings. The van der Waals surface area contributed by atoms with E-state index in [-0.39, 0.29) is 48.5 Å². The third kappa shape index (κ3) is 6.54. The second kappa shape index (κ2) is 11.3. The summed E-state index contributed by atoms with van der Waals surface area (Å²) in [6.45, 7) is 4.29. The molecule has 2 unspecified atom stereocenters. The predicted molar refractivity (Wildman–Crippen MR) is 108 cm³/mol. The minimum Gasteiger partial charge on any atom is -0.352 e. The first kappa shape index (κ1) is 23.4. The lowest BCUT2D eigenvalue weighted by Crippen LogP contribution is -2.50. The maximum atomic E-state index is 13.2. The average Bonchev–Trinajstić information content (AvgIpc) is 2.58. The Kier molecular flexibility index (Phi) is 10.2. The van der Waals surface area contributed by atoms with E-state index in [1.165, 1.54) is 12.1 Å². The van der Waals surface area contributed by atoms with Crippen molar-refractivity contribution >= 4 is 42.3 Å². The van der Waals surface area contributed by atoms with E-state index in [0.29, 0.717) is 11.6 Å². The number of likely N-dealkylation sites (tertiary alicyclic amines) is 1. The second-order valence-electron chi connectivity index (χ2n) is 6.86. The standard InChI is InChI=1S/C18H25ClFN3O.2ClH/c19-17-9-15(20)6-5-14(17)11-23-8-2-4-16(12-23)22-18(24)13-3-1-7-21-10-13;;/h5-6,9,13,16,21H,1-4,7-8,10-12H2,(H,22,24);2*1H. The highest BCUT2D eigenvalue weighted by Gasteiger charge is 2.26. The van der Waals surface area contributed by atoms with Crippen LogP contribution in [0.15, 0.2) is 18.2 Å². The number of nitrogens with zero attached hydrogens (tertiary/aromatic N) is 1. The highest BCUT2D eigenvalue weighted by atomic mass is 35.5. The molecule has 0 bridgehead atoms. The maximum Gasteiger partial charge on any atom is 0.224 e. The summed E-state index contributed by atoms with van der Waals surface area (Å²) < 4.78 is 13.2. The molecule has 2 N–H and O–H groups in total. The average molecular weight is 427 g/mol. The molecule has 148 valence electrons. The Morgan fingerprint density at radius 3 is 2.81 bits per heavy atom. The summed E-state index contributed by atoms with van der Waals surface area (Å²) in [5.41, 5.74) is 0.932. The van der Waals surface area contributed by atoms with E-state index in [4.69, 9.17) is 11.6 Å². The van der Waals surface area contributed by atoms with Crippen LogP contribution in [0.2, 0.25) is 5.02 Å². The van der Waals surface area contributed by atoms with Crippen molar-refractivity contribution in [1.82, 2.24) is 15.5 Å². The topological polar surface area (TPSA) is 44.4 Å². The Bertz CT molecular complexity index is 585. The van der Waals surface area contributed by atoms with Gasteiger partial charge < -0.3 is 10.6 Å². The lowest BCUT2D eigenvalue weighted by molar-refractivity contribution is -0.126. The summed E-state index contributed by atoms with van der Waals surface area (Å²) in [6, 6.07) is 4.73. The molecule has 2 fully saturated rings. The van der Waals surface area contributed by atoms with Gasteiger partial charge >= 0.3 is 0 Å². The molecule has 1 aromatic carbocycles. The van der Waals surface area contributed by atoms with Crippen LogP contribution in [0.1, 0.15) is 31.2 Å². The fourth-order valence-electron chi connectivity index (χ4n) is 3.60. The maximum absolute atomic E-state index is 13.2. The van der Waals surface area contributed by atoms with Crippen LogP contribution in [0.3, 0.4) is 0 Å². The van der Waals surface area contributed by atoms with Gasteiger partial charge in [0.05, 0.1) is 5.92 Å². The second-order valence-corrected chi connectivity index (χ2v) is 7.27. The van der Waals surface area contributed by atoms with E-state index >= 15 is 0 Å². The number of hydrogen-bond donors (Lipinski definition) is 2. The first-order valence-corrected chi connectivity index (χ1v) is 9.17. The molecule has 0 radical (unpaired) electrons. The smallest absolute Gasteiger partial charge is 0.224 e. The van der Waals surface area contributed by atoms with Crippen LogP contribution in [0, 0.1) is 11.7 Å². The zero-order valence-electron chi connectivity index (χ0n) is 14.7. The Labute approximate surface area is 172 Å². The van der Waals surface area contributed by atoms with Gasteiger partial charge in [-0.2, -0.15) is 0 Å². The van der Waals surface area contributed by atoms with Crippen LogP contribution in [-0.4, -0.2) is 43.0 Å². The minimum absolute atomic E-state index is 0. The number of halogens is 4. The van der Waals surface area contributed by atoms with Crippen molar-refractivity contribution in [2.75, 3.05) is 26.2 Å². The lowest BCUT2D eigenvalue weighted by Gasteiger charge is -2.34. The molecule has 26 heavy (non-hydrogen) atoms. The molecule has 3 rings (SSSR count). The largest absolute Gasteiger partial charge is 0.352 e. The molecular formula is C18H27Cl3FN3O. The fourth-order valence-corrected chi connectivity index (χ4v) is 3.83. The third-order valence-corrected chi connectivity index (χ3v) is 5.28. The zero-order valence-corrected chi connectivity index (χ0v) is 17.1. The Morgan fingerprint density at radius 1 is 1.31 bits per heavy atom. The van der Waals surface area contributed by atoms with Crippen molar-refractivity contribution in [3.8, 4) is 0 Å². The van der Waals surface area contributed by atoms with Crippen LogP contribution in [0.25, 0.3) is 0 Å². The number of benzene rings is 1. The van der Waals surface area contributed by atoms with Gasteiger partial charge in [0.1, 0.15) is 5.82 Å². The third-order valence-electron chi connectivity index (χ3n) is 4.93. The van der Waals surface area contributed by atoms with Crippen LogP contribution >= 0.6 is 36.4 Å². The summed E-state index contributed by atoms with van der Waals surface area (Å²) in [4.78, 5) is 14.7. The molecule has 2 aliphatic rings. The molecule has 0 aromatic heterocycles. The van der Waals surface area contributed by atoms with Gasteiger partial charge in [-0.3, -0.25) is 9.69 Å². The van der Waals surface area contributed by atoms with E-state index in [0.717, 1.165) is 57.4 Å². The normalized spacial score (nSPS) is 23.5. The van der Waals surface area contributed by atoms with Gasteiger partial charge in [-0.25, -0.2) is 4.39 Å². The number of amides is 1. The van der Waals surface area contributed by atoms with Crippen molar-refractivity contribution in [2.45, 2.75) is 38.3 Å². The molecule has 2 atom stereocenters. The van der Waals surface area contributed by atoms with E-state index in [2.05, 4.69) is 15.5 Å². The van der Waals surface area contributed by atoms with Crippen molar-refractivity contribution in [1.29, 1.82) is 0 Å². The van der Waals surface area contributed by atoms with Gasteiger partial charge in [0.25, 0.3) is 0 Å². The van der Waals surface area contributed by atoms with Crippen LogP contribution < -0.4 is 10.6 Å². The number of rotatable bonds is 4. The van der Waals surface area contributed by atoms with Crippen LogP contribution in [-0.2, 0) is 11.3 Å². The highest BCUT2D eigenvalue weighted by molar-refractivity contribution is 6.31. The summed E-state index contributed by atoms with van der Waals surface area (Å²) in [5, 5.41) is 6.97. The molecule has 0 spiro atoms. The Balaban J connectivity index is 0.00000169. The summed E-state index contributed by atoms with van der Waals surface area (Å²) in [7, 11) is 0. The monoisotopic (exact) mass is 425 g/mol. The predicted octanol–water partition coefficient (Wildman–Crippen LogP) is 3.40. The van der Waals surface area contributed by atoms with Gasteiger partial charge in [0.15, 0.2) is 0 Å². The zero-order chi connectivity index (χ0) is 16.9. The summed E-state index contributed by atoms with van der Waals surface area (Å²) >= 11 is 6.13. The number of piperidine rings is 2. The van der Waals surface area contributed by atoms with Gasteiger partial charge in [0, 0.05) is 30.7 Å². The van der Waals surface area contributed by atoms with Gasteiger partial charge in [-0.15, -0.1) is 24.8 Å². The van der Waals surface area contributed by atoms with E-state index in [1.807, 2.05) is 0 Å². The van der Waals surface area contributed by atoms with Crippen molar-refractivity contribution in [2.24, 2.45) is 5.92 Å². The van der Waals surface area contributed by atoms with Crippen molar-refractivity contribution in [3.63, 3.8) is 0 Å². The quantitative estimate of drug-likeness (QED) is 0.775. The first-order valence-electron chi connectivity index (χ1n) is 8.79. The Morgan fingerprint density at radius 2 is 2.12 bits per heavy atom. The van der Waals surface area contributed by atoms with Crippen molar-refractivity contribution in [3.05, 3.63) is 34.6 Å². The first-order chi connectivity index (χ1) is 11.6. The molecule has 4 nitrogen and oxygen atoms in total. The molecule has 0 aliphatic carbocycles. The number of carbonyl (C=O) groups is 1. The van der Waals surface area contributed by atoms with E-state index in [1.54, 1.807) is 6.07 Å². The molecular weight excluding hydrogens is 400 g/mol. The molecule has 8 heteroatoms. The van der Waals surface area contributed by atoms with E-state index in [9.17, 15) is 9.18 Å². The van der Waals surface area contributed by atoms with Crippen LogP contribution in [0.5, 0.6) is 0 Å². The summed E-state index contributed by atoms with van der Waals surface area (Å²) in [6.07, 6.45) is 4.10. The Hall–Kier alpha value is -0.590. The van der Waals surface area contributed by atoms with Gasteiger partial charge in [0.2, 0.25) is 5.91 Å². The minimum atomic E-state index is -0.311. The number of hydrogen-bond acceptors (Lipinski definition) is 3. The highest BCUT2D eigenvalue weighted by Crippen LogP contribution is 2.21. The van der Waals surface area contributed by atoms with Crippen molar-refractivity contribution < 1.29 is 9.18 Å². The fraction of sp³-hybridized carbons (Fsp3) is 0.611. The lowest BCUT2D eigenvalue weighted by atomic mass is 9.97.